The van der Waals surface area contributed by atoms with Gasteiger partial charge in [-0.15, -0.1) is 0 Å². The first-order chi connectivity index (χ1) is 13.0. The molecule has 7 nitrogen and oxygen atoms in total. The van der Waals surface area contributed by atoms with Crippen LogP contribution in [0, 0.1) is 0 Å². The van der Waals surface area contributed by atoms with E-state index in [2.05, 4.69) is 0 Å². The van der Waals surface area contributed by atoms with Gasteiger partial charge in [0.05, 0.1) is 33.5 Å². The van der Waals surface area contributed by atoms with Gasteiger partial charge in [-0.1, -0.05) is 6.42 Å². The van der Waals surface area contributed by atoms with Crippen molar-refractivity contribution < 1.29 is 33.6 Å². The summed E-state index contributed by atoms with van der Waals surface area (Å²) in [5.74, 6) is -0.654. The van der Waals surface area contributed by atoms with E-state index in [1.807, 2.05) is 0 Å². The van der Waals surface area contributed by atoms with Crippen LogP contribution in [0.1, 0.15) is 54.9 Å². The molecular weight excluding hydrogens is 352 g/mol. The van der Waals surface area contributed by atoms with Gasteiger partial charge in [0.15, 0.2) is 11.5 Å². The van der Waals surface area contributed by atoms with Crippen LogP contribution >= 0.6 is 0 Å². The minimum Gasteiger partial charge on any atom is -0.493 e. The molecule has 1 N–H and O–H groups in total. The maximum absolute atomic E-state index is 12.7. The first-order valence-electron chi connectivity index (χ1n) is 8.95. The zero-order chi connectivity index (χ0) is 20.0. The molecule has 1 aromatic carbocycles. The van der Waals surface area contributed by atoms with Gasteiger partial charge in [-0.3, -0.25) is 0 Å². The number of benzene rings is 1. The van der Waals surface area contributed by atoms with Crippen molar-refractivity contribution in [1.82, 2.24) is 0 Å². The van der Waals surface area contributed by atoms with Crippen molar-refractivity contribution in [1.29, 1.82) is 0 Å². The highest BCUT2D eigenvalue weighted by atomic mass is 16.5. The number of aliphatic carboxylic acids is 1. The minimum atomic E-state index is -0.987. The van der Waals surface area contributed by atoms with Crippen LogP contribution in [0.5, 0.6) is 17.2 Å². The number of hydrogen-bond acceptors (Lipinski definition) is 6. The van der Waals surface area contributed by atoms with E-state index in [0.717, 1.165) is 19.3 Å². The summed E-state index contributed by atoms with van der Waals surface area (Å²) >= 11 is 0. The van der Waals surface area contributed by atoms with Crippen LogP contribution in [0.15, 0.2) is 11.6 Å². The van der Waals surface area contributed by atoms with Gasteiger partial charge in [-0.25, -0.2) is 9.59 Å². The molecule has 0 atom stereocenters. The van der Waals surface area contributed by atoms with Crippen molar-refractivity contribution in [2.24, 2.45) is 0 Å². The molecular formula is C20H26O7. The standard InChI is InChI=1S/C20H26O7/c1-5-27-20(23)14-11-15(24-2)17(25-3)18(26-4)16(14)12-9-7-6-8-10-13(12)19(21)22/h11H,5-10H2,1-4H3,(H,21,22). The van der Waals surface area contributed by atoms with Crippen molar-refractivity contribution in [3.63, 3.8) is 0 Å². The van der Waals surface area contributed by atoms with Gasteiger partial charge in [0.2, 0.25) is 5.75 Å². The van der Waals surface area contributed by atoms with Crippen molar-refractivity contribution >= 4 is 17.5 Å². The van der Waals surface area contributed by atoms with Crippen LogP contribution in [0.3, 0.4) is 0 Å². The summed E-state index contributed by atoms with van der Waals surface area (Å²) in [5, 5.41) is 9.75. The summed E-state index contributed by atoms with van der Waals surface area (Å²) < 4.78 is 21.5. The number of methoxy groups -OCH3 is 3. The molecule has 0 spiro atoms. The van der Waals surface area contributed by atoms with E-state index in [9.17, 15) is 14.7 Å². The average Bonchev–Trinajstić information content (AvgIpc) is 2.92. The van der Waals surface area contributed by atoms with Crippen molar-refractivity contribution in [2.45, 2.75) is 39.0 Å². The number of hydrogen-bond donors (Lipinski definition) is 1. The number of carbonyl (C=O) groups excluding carboxylic acids is 1. The van der Waals surface area contributed by atoms with Crippen LogP contribution in [0.4, 0.5) is 0 Å². The summed E-state index contributed by atoms with van der Waals surface area (Å²) in [5.41, 5.74) is 1.50. The van der Waals surface area contributed by atoms with E-state index in [0.29, 0.717) is 41.1 Å². The SMILES string of the molecule is CCOC(=O)c1cc(OC)c(OC)c(OC)c1C1=C(C(=O)O)CCCCC1. The van der Waals surface area contributed by atoms with E-state index >= 15 is 0 Å². The Morgan fingerprint density at radius 2 is 1.67 bits per heavy atom. The number of allylic oxidation sites excluding steroid dienone is 1. The predicted octanol–water partition coefficient (Wildman–Crippen LogP) is 3.69. The third-order valence-corrected chi connectivity index (χ3v) is 4.60. The van der Waals surface area contributed by atoms with Crippen molar-refractivity contribution in [3.05, 3.63) is 22.8 Å². The summed E-state index contributed by atoms with van der Waals surface area (Å²) in [6, 6.07) is 1.52. The molecule has 0 bridgehead atoms. The highest BCUT2D eigenvalue weighted by molar-refractivity contribution is 6.04. The molecule has 1 aliphatic rings. The Morgan fingerprint density at radius 3 is 2.22 bits per heavy atom. The van der Waals surface area contributed by atoms with Gasteiger partial charge in [-0.05, 0) is 44.2 Å². The van der Waals surface area contributed by atoms with Gasteiger partial charge in [0, 0.05) is 11.1 Å². The number of esters is 1. The summed E-state index contributed by atoms with van der Waals surface area (Å²) in [6.07, 6.45) is 3.50. The van der Waals surface area contributed by atoms with Gasteiger partial charge in [-0.2, -0.15) is 0 Å². The molecule has 0 amide bonds. The van der Waals surface area contributed by atoms with Crippen LogP contribution in [0.25, 0.3) is 5.57 Å². The third-order valence-electron chi connectivity index (χ3n) is 4.60. The second-order valence-electron chi connectivity index (χ2n) is 6.11. The second-order valence-corrected chi connectivity index (χ2v) is 6.11. The first-order valence-corrected chi connectivity index (χ1v) is 8.95. The van der Waals surface area contributed by atoms with E-state index < -0.39 is 11.9 Å². The molecule has 1 aromatic rings. The summed E-state index contributed by atoms with van der Waals surface area (Å²) in [7, 11) is 4.38. The number of rotatable bonds is 7. The van der Waals surface area contributed by atoms with Crippen LogP contribution in [0.2, 0.25) is 0 Å². The lowest BCUT2D eigenvalue weighted by Crippen LogP contribution is -2.13. The molecule has 0 heterocycles. The van der Waals surface area contributed by atoms with Gasteiger partial charge in [0.1, 0.15) is 0 Å². The van der Waals surface area contributed by atoms with E-state index in [1.54, 1.807) is 6.92 Å². The lowest BCUT2D eigenvalue weighted by molar-refractivity contribution is -0.132. The molecule has 0 aromatic heterocycles. The molecule has 0 saturated heterocycles. The fraction of sp³-hybridized carbons (Fsp3) is 0.500. The topological polar surface area (TPSA) is 91.3 Å². The fourth-order valence-electron chi connectivity index (χ4n) is 3.42. The van der Waals surface area contributed by atoms with Crippen molar-refractivity contribution in [3.8, 4) is 17.2 Å². The van der Waals surface area contributed by atoms with E-state index in [-0.39, 0.29) is 17.9 Å². The fourth-order valence-corrected chi connectivity index (χ4v) is 3.42. The van der Waals surface area contributed by atoms with Crippen LogP contribution in [-0.2, 0) is 9.53 Å². The van der Waals surface area contributed by atoms with Crippen molar-refractivity contribution in [2.75, 3.05) is 27.9 Å². The smallest absolute Gasteiger partial charge is 0.339 e. The maximum atomic E-state index is 12.7. The number of ether oxygens (including phenoxy) is 4. The second kappa shape index (κ2) is 9.30. The first kappa shape index (κ1) is 20.6. The maximum Gasteiger partial charge on any atom is 0.339 e. The molecule has 148 valence electrons. The number of carboxylic acid groups (broad SMARTS) is 1. The molecule has 1 aliphatic carbocycles. The average molecular weight is 378 g/mol. The number of carbonyl (C=O) groups is 2. The Kier molecular flexibility index (Phi) is 7.10. The molecule has 7 heteroatoms. The molecule has 2 rings (SSSR count). The highest BCUT2D eigenvalue weighted by Crippen LogP contribution is 2.47. The lowest BCUT2D eigenvalue weighted by atomic mass is 9.90. The van der Waals surface area contributed by atoms with Crippen LogP contribution < -0.4 is 14.2 Å². The van der Waals surface area contributed by atoms with E-state index in [1.165, 1.54) is 27.4 Å². The lowest BCUT2D eigenvalue weighted by Gasteiger charge is -2.21. The highest BCUT2D eigenvalue weighted by Gasteiger charge is 2.30. The molecule has 0 aliphatic heterocycles. The molecule has 0 fully saturated rings. The Hall–Kier alpha value is -2.70. The summed E-state index contributed by atoms with van der Waals surface area (Å²) in [4.78, 5) is 24.6. The molecule has 0 saturated carbocycles. The Morgan fingerprint density at radius 1 is 1.00 bits per heavy atom. The molecule has 0 radical (unpaired) electrons. The Labute approximate surface area is 158 Å². The van der Waals surface area contributed by atoms with Crippen LogP contribution in [-0.4, -0.2) is 45.0 Å². The third kappa shape index (κ3) is 4.18. The van der Waals surface area contributed by atoms with Gasteiger partial charge < -0.3 is 24.1 Å². The molecule has 0 unspecified atom stereocenters. The Balaban J connectivity index is 2.89. The monoisotopic (exact) mass is 378 g/mol. The zero-order valence-electron chi connectivity index (χ0n) is 16.2. The summed E-state index contributed by atoms with van der Waals surface area (Å²) in [6.45, 7) is 1.91. The van der Waals surface area contributed by atoms with E-state index in [4.69, 9.17) is 18.9 Å². The predicted molar refractivity (Wildman–Crippen MR) is 99.7 cm³/mol. The van der Waals surface area contributed by atoms with Gasteiger partial charge in [0.25, 0.3) is 0 Å². The number of carboxylic acids is 1. The largest absolute Gasteiger partial charge is 0.493 e. The quantitative estimate of drug-likeness (QED) is 0.724. The molecule has 27 heavy (non-hydrogen) atoms. The Bertz CT molecular complexity index is 749. The zero-order valence-corrected chi connectivity index (χ0v) is 16.2. The van der Waals surface area contributed by atoms with Gasteiger partial charge >= 0.3 is 11.9 Å². The minimum absolute atomic E-state index is 0.194. The normalized spacial score (nSPS) is 14.4.